The van der Waals surface area contributed by atoms with Crippen LogP contribution in [0, 0.1) is 5.92 Å². The quantitative estimate of drug-likeness (QED) is 0.619. The van der Waals surface area contributed by atoms with Gasteiger partial charge in [-0.15, -0.1) is 0 Å². The molecule has 2 aliphatic carbocycles. The summed E-state index contributed by atoms with van der Waals surface area (Å²) in [6, 6.07) is 0. The van der Waals surface area contributed by atoms with Crippen LogP contribution < -0.4 is 0 Å². The van der Waals surface area contributed by atoms with Crippen molar-refractivity contribution < 1.29 is 14.3 Å². The molecule has 1 fully saturated rings. The van der Waals surface area contributed by atoms with Crippen molar-refractivity contribution >= 4 is 11.8 Å². The summed E-state index contributed by atoms with van der Waals surface area (Å²) in [5, 5.41) is 0. The van der Waals surface area contributed by atoms with Gasteiger partial charge >= 0.3 is 5.97 Å². The predicted molar refractivity (Wildman–Crippen MR) is 55.2 cm³/mol. The monoisotopic (exact) mass is 208 g/mol. The fourth-order valence-corrected chi connectivity index (χ4v) is 2.71. The first kappa shape index (κ1) is 10.4. The van der Waals surface area contributed by atoms with E-state index >= 15 is 0 Å². The fourth-order valence-electron chi connectivity index (χ4n) is 2.71. The number of hydrogen-bond acceptors (Lipinski definition) is 3. The average molecular weight is 208 g/mol. The molecule has 3 heteroatoms. The normalized spacial score (nSPS) is 30.4. The Morgan fingerprint density at radius 1 is 1.40 bits per heavy atom. The first-order valence-corrected chi connectivity index (χ1v) is 5.52. The molecule has 82 valence electrons. The van der Waals surface area contributed by atoms with E-state index in [1.54, 1.807) is 0 Å². The van der Waals surface area contributed by atoms with Crippen LogP contribution in [0.3, 0.4) is 0 Å². The largest absolute Gasteiger partial charge is 0.454 e. The molecule has 0 N–H and O–H groups in total. The zero-order valence-corrected chi connectivity index (χ0v) is 9.21. The second-order valence-corrected chi connectivity index (χ2v) is 4.40. The van der Waals surface area contributed by atoms with Gasteiger partial charge in [-0.05, 0) is 31.8 Å². The molecule has 2 rings (SSSR count). The van der Waals surface area contributed by atoms with Crippen LogP contribution in [0.15, 0.2) is 11.1 Å². The van der Waals surface area contributed by atoms with Gasteiger partial charge in [-0.3, -0.25) is 9.59 Å². The second-order valence-electron chi connectivity index (χ2n) is 4.40. The van der Waals surface area contributed by atoms with Crippen molar-refractivity contribution in [3.05, 3.63) is 11.1 Å². The molecule has 0 aliphatic heterocycles. The molecular formula is C12H16O3. The number of carbonyl (C=O) groups is 2. The standard InChI is InChI=1S/C12H16O3/c1-7-9-5-3-4-6-10(9)12(11(7)14)15-8(2)13/h10,12H,3-6H2,1-2H3/t10-,12+/m1/s1. The molecule has 3 nitrogen and oxygen atoms in total. The lowest BCUT2D eigenvalue weighted by molar-refractivity contribution is -0.153. The molecule has 0 aromatic heterocycles. The third kappa shape index (κ3) is 1.71. The minimum atomic E-state index is -0.516. The summed E-state index contributed by atoms with van der Waals surface area (Å²) >= 11 is 0. The molecule has 1 saturated carbocycles. The average Bonchev–Trinajstić information content (AvgIpc) is 2.44. The molecule has 0 bridgehead atoms. The second kappa shape index (κ2) is 3.80. The number of carbonyl (C=O) groups excluding carboxylic acids is 2. The van der Waals surface area contributed by atoms with Gasteiger partial charge in [-0.25, -0.2) is 0 Å². The molecule has 2 atom stereocenters. The molecule has 0 unspecified atom stereocenters. The predicted octanol–water partition coefficient (Wildman–Crippen LogP) is 2.01. The minimum Gasteiger partial charge on any atom is -0.454 e. The summed E-state index contributed by atoms with van der Waals surface area (Å²) in [4.78, 5) is 22.8. The number of esters is 1. The van der Waals surface area contributed by atoms with Gasteiger partial charge in [-0.2, -0.15) is 0 Å². The van der Waals surface area contributed by atoms with Crippen molar-refractivity contribution in [2.24, 2.45) is 5.92 Å². The third-order valence-corrected chi connectivity index (χ3v) is 3.43. The Balaban J connectivity index is 2.23. The summed E-state index contributed by atoms with van der Waals surface area (Å²) in [5.41, 5.74) is 2.07. The lowest BCUT2D eigenvalue weighted by Crippen LogP contribution is -2.30. The van der Waals surface area contributed by atoms with E-state index in [1.165, 1.54) is 12.5 Å². The van der Waals surface area contributed by atoms with Gasteiger partial charge < -0.3 is 4.74 Å². The molecule has 15 heavy (non-hydrogen) atoms. The zero-order chi connectivity index (χ0) is 11.0. The molecule has 0 spiro atoms. The number of ether oxygens (including phenoxy) is 1. The van der Waals surface area contributed by atoms with E-state index in [-0.39, 0.29) is 17.7 Å². The number of fused-ring (bicyclic) bond motifs is 1. The summed E-state index contributed by atoms with van der Waals surface area (Å²) in [7, 11) is 0. The Hall–Kier alpha value is -1.12. The van der Waals surface area contributed by atoms with Gasteiger partial charge in [0.1, 0.15) is 0 Å². The summed E-state index contributed by atoms with van der Waals surface area (Å²) < 4.78 is 5.13. The number of rotatable bonds is 1. The Kier molecular flexibility index (Phi) is 2.63. The molecule has 0 radical (unpaired) electrons. The van der Waals surface area contributed by atoms with Gasteiger partial charge in [0.2, 0.25) is 0 Å². The number of Topliss-reactive ketones (excluding diaryl/α,β-unsaturated/α-hetero) is 1. The van der Waals surface area contributed by atoms with Crippen LogP contribution in [0.2, 0.25) is 0 Å². The topological polar surface area (TPSA) is 43.4 Å². The molecule has 0 aromatic rings. The van der Waals surface area contributed by atoms with E-state index in [9.17, 15) is 9.59 Å². The van der Waals surface area contributed by atoms with Crippen LogP contribution in [0.1, 0.15) is 39.5 Å². The zero-order valence-electron chi connectivity index (χ0n) is 9.21. The van der Waals surface area contributed by atoms with Crippen molar-refractivity contribution in [1.82, 2.24) is 0 Å². The van der Waals surface area contributed by atoms with Gasteiger partial charge in [0.15, 0.2) is 11.9 Å². The van der Waals surface area contributed by atoms with Crippen molar-refractivity contribution in [3.8, 4) is 0 Å². The molecule has 0 aromatic carbocycles. The van der Waals surface area contributed by atoms with E-state index in [0.717, 1.165) is 31.3 Å². The highest BCUT2D eigenvalue weighted by Crippen LogP contribution is 2.41. The van der Waals surface area contributed by atoms with Gasteiger partial charge in [0.05, 0.1) is 0 Å². The molecule has 0 heterocycles. The highest BCUT2D eigenvalue weighted by atomic mass is 16.5. The summed E-state index contributed by atoms with van der Waals surface area (Å²) in [6.45, 7) is 3.23. The van der Waals surface area contributed by atoms with Crippen LogP contribution in [-0.2, 0) is 14.3 Å². The third-order valence-electron chi connectivity index (χ3n) is 3.43. The van der Waals surface area contributed by atoms with E-state index in [0.29, 0.717) is 0 Å². The number of hydrogen-bond donors (Lipinski definition) is 0. The summed E-state index contributed by atoms with van der Waals surface area (Å²) in [5.74, 6) is -0.157. The van der Waals surface area contributed by atoms with Crippen molar-refractivity contribution in [2.75, 3.05) is 0 Å². The van der Waals surface area contributed by atoms with Gasteiger partial charge in [-0.1, -0.05) is 12.0 Å². The first-order chi connectivity index (χ1) is 7.11. The molecule has 0 amide bonds. The van der Waals surface area contributed by atoms with Gasteiger partial charge in [0, 0.05) is 12.8 Å². The van der Waals surface area contributed by atoms with Gasteiger partial charge in [0.25, 0.3) is 0 Å². The van der Waals surface area contributed by atoms with Crippen LogP contribution in [0.5, 0.6) is 0 Å². The van der Waals surface area contributed by atoms with Crippen molar-refractivity contribution in [3.63, 3.8) is 0 Å². The lowest BCUT2D eigenvalue weighted by Gasteiger charge is -2.25. The van der Waals surface area contributed by atoms with E-state index < -0.39 is 6.10 Å². The lowest BCUT2D eigenvalue weighted by atomic mass is 9.84. The number of ketones is 1. The molecule has 0 saturated heterocycles. The highest BCUT2D eigenvalue weighted by molar-refractivity contribution is 6.03. The maximum atomic E-state index is 11.9. The minimum absolute atomic E-state index is 0.0205. The van der Waals surface area contributed by atoms with E-state index in [4.69, 9.17) is 4.74 Å². The Morgan fingerprint density at radius 3 is 2.80 bits per heavy atom. The smallest absolute Gasteiger partial charge is 0.303 e. The van der Waals surface area contributed by atoms with Crippen molar-refractivity contribution in [2.45, 2.75) is 45.6 Å². The van der Waals surface area contributed by atoms with Crippen LogP contribution in [0.25, 0.3) is 0 Å². The maximum Gasteiger partial charge on any atom is 0.303 e. The van der Waals surface area contributed by atoms with Crippen molar-refractivity contribution in [1.29, 1.82) is 0 Å². The SMILES string of the molecule is CC(=O)O[C@@H]1C(=O)C(C)=C2CCCC[C@H]21. The maximum absolute atomic E-state index is 11.9. The summed E-state index contributed by atoms with van der Waals surface area (Å²) in [6.07, 6.45) is 3.75. The van der Waals surface area contributed by atoms with E-state index in [2.05, 4.69) is 0 Å². The Morgan fingerprint density at radius 2 is 2.13 bits per heavy atom. The molecular weight excluding hydrogens is 192 g/mol. The van der Waals surface area contributed by atoms with Crippen LogP contribution in [-0.4, -0.2) is 17.9 Å². The molecule has 2 aliphatic rings. The van der Waals surface area contributed by atoms with E-state index in [1.807, 2.05) is 6.92 Å². The fraction of sp³-hybridized carbons (Fsp3) is 0.667. The Labute approximate surface area is 89.5 Å². The first-order valence-electron chi connectivity index (χ1n) is 5.52. The van der Waals surface area contributed by atoms with Crippen LogP contribution >= 0.6 is 0 Å². The Bertz CT molecular complexity index is 341. The highest BCUT2D eigenvalue weighted by Gasteiger charge is 2.42. The van der Waals surface area contributed by atoms with Crippen LogP contribution in [0.4, 0.5) is 0 Å².